The van der Waals surface area contributed by atoms with Crippen molar-refractivity contribution in [3.8, 4) is 0 Å². The zero-order valence-corrected chi connectivity index (χ0v) is 11.9. The number of rotatable bonds is 9. The van der Waals surface area contributed by atoms with Gasteiger partial charge in [-0.25, -0.2) is 0 Å². The summed E-state index contributed by atoms with van der Waals surface area (Å²) in [6.45, 7) is 0. The fourth-order valence-corrected chi connectivity index (χ4v) is 2.16. The molecule has 0 aliphatic carbocycles. The second-order valence-corrected chi connectivity index (χ2v) is 5.61. The van der Waals surface area contributed by atoms with Crippen LogP contribution in [0.25, 0.3) is 0 Å². The number of hydrogen-bond acceptors (Lipinski definition) is 5. The number of nitrogens with one attached hydrogen (secondary N) is 1. The molecule has 100 valence electrons. The van der Waals surface area contributed by atoms with E-state index in [0.717, 1.165) is 5.75 Å². The van der Waals surface area contributed by atoms with Gasteiger partial charge in [0.15, 0.2) is 6.04 Å². The molecular formula is C10H20N2O3S2. The molecule has 0 unspecified atom stereocenters. The van der Waals surface area contributed by atoms with E-state index in [0.29, 0.717) is 18.6 Å². The van der Waals surface area contributed by atoms with Gasteiger partial charge in [-0.1, -0.05) is 0 Å². The highest BCUT2D eigenvalue weighted by Gasteiger charge is 2.20. The molecule has 2 atom stereocenters. The van der Waals surface area contributed by atoms with E-state index in [1.54, 1.807) is 11.8 Å². The summed E-state index contributed by atoms with van der Waals surface area (Å²) in [5, 5.41) is 13.3. The van der Waals surface area contributed by atoms with Crippen LogP contribution in [0.1, 0.15) is 12.8 Å². The molecule has 0 aromatic heterocycles. The lowest BCUT2D eigenvalue weighted by Crippen LogP contribution is -2.69. The fraction of sp³-hybridized carbons (Fsp3) is 0.800. The predicted molar refractivity (Wildman–Crippen MR) is 69.6 cm³/mol. The van der Waals surface area contributed by atoms with E-state index in [2.05, 4.69) is 11.1 Å². The van der Waals surface area contributed by atoms with Gasteiger partial charge in [0.1, 0.15) is 0 Å². The SMILES string of the molecule is CSCC[C@@H]([NH3+])C(=O)N[C@@H](CCSC)C(=O)[O-]. The van der Waals surface area contributed by atoms with Crippen LogP contribution in [0.4, 0.5) is 0 Å². The third-order valence-electron chi connectivity index (χ3n) is 2.25. The van der Waals surface area contributed by atoms with Gasteiger partial charge >= 0.3 is 0 Å². The molecule has 1 amide bonds. The molecule has 0 spiro atoms. The van der Waals surface area contributed by atoms with Crippen molar-refractivity contribution in [2.24, 2.45) is 0 Å². The maximum absolute atomic E-state index is 11.6. The predicted octanol–water partition coefficient (Wildman–Crippen LogP) is -1.66. The van der Waals surface area contributed by atoms with Crippen LogP contribution in [0.2, 0.25) is 0 Å². The van der Waals surface area contributed by atoms with Gasteiger partial charge in [0.2, 0.25) is 0 Å². The molecule has 4 N–H and O–H groups in total. The summed E-state index contributed by atoms with van der Waals surface area (Å²) in [5.74, 6) is -0.0349. The van der Waals surface area contributed by atoms with Crippen LogP contribution >= 0.6 is 23.5 Å². The standard InChI is InChI=1S/C10H20N2O3S2/c1-16-5-3-7(11)9(13)12-8(10(14)15)4-6-17-2/h7-8H,3-6,11H2,1-2H3,(H,12,13)(H,14,15)/t7-,8+/m1/s1. The highest BCUT2D eigenvalue weighted by atomic mass is 32.2. The van der Waals surface area contributed by atoms with E-state index >= 15 is 0 Å². The molecule has 0 saturated heterocycles. The van der Waals surface area contributed by atoms with Gasteiger partial charge in [-0.05, 0) is 30.4 Å². The molecule has 0 aromatic rings. The largest absolute Gasteiger partial charge is 0.548 e. The lowest BCUT2D eigenvalue weighted by atomic mass is 10.2. The number of carbonyl (C=O) groups excluding carboxylic acids is 2. The van der Waals surface area contributed by atoms with E-state index in [9.17, 15) is 14.7 Å². The summed E-state index contributed by atoms with van der Waals surface area (Å²) in [6, 6.07) is -1.31. The minimum atomic E-state index is -1.23. The molecule has 17 heavy (non-hydrogen) atoms. The van der Waals surface area contributed by atoms with E-state index < -0.39 is 18.1 Å². The van der Waals surface area contributed by atoms with Crippen molar-refractivity contribution >= 4 is 35.4 Å². The zero-order chi connectivity index (χ0) is 13.3. The van der Waals surface area contributed by atoms with Gasteiger partial charge in [-0.2, -0.15) is 23.5 Å². The zero-order valence-electron chi connectivity index (χ0n) is 10.2. The van der Waals surface area contributed by atoms with Crippen molar-refractivity contribution < 1.29 is 20.4 Å². The van der Waals surface area contributed by atoms with Crippen LogP contribution in [0, 0.1) is 0 Å². The number of carboxylic acids is 1. The monoisotopic (exact) mass is 280 g/mol. The van der Waals surface area contributed by atoms with Crippen molar-refractivity contribution in [3.63, 3.8) is 0 Å². The Morgan fingerprint density at radius 2 is 1.76 bits per heavy atom. The Hall–Kier alpha value is -0.400. The van der Waals surface area contributed by atoms with Gasteiger partial charge in [0.25, 0.3) is 5.91 Å². The first-order chi connectivity index (χ1) is 8.02. The molecule has 5 nitrogen and oxygen atoms in total. The van der Waals surface area contributed by atoms with Gasteiger partial charge in [-0.3, -0.25) is 4.79 Å². The third-order valence-corrected chi connectivity index (χ3v) is 3.54. The van der Waals surface area contributed by atoms with Crippen LogP contribution in [0.15, 0.2) is 0 Å². The number of quaternary nitrogens is 1. The van der Waals surface area contributed by atoms with Crippen molar-refractivity contribution in [2.45, 2.75) is 24.9 Å². The highest BCUT2D eigenvalue weighted by molar-refractivity contribution is 7.98. The molecule has 0 aromatic carbocycles. The Balaban J connectivity index is 4.15. The quantitative estimate of drug-likeness (QED) is 0.527. The highest BCUT2D eigenvalue weighted by Crippen LogP contribution is 2.02. The number of hydrogen-bond donors (Lipinski definition) is 2. The molecule has 0 aliphatic heterocycles. The van der Waals surface area contributed by atoms with Crippen LogP contribution < -0.4 is 16.2 Å². The summed E-state index contributed by atoms with van der Waals surface area (Å²) in [5.41, 5.74) is 3.72. The second kappa shape index (κ2) is 9.61. The topological polar surface area (TPSA) is 96.9 Å². The van der Waals surface area contributed by atoms with Crippen molar-refractivity contribution in [2.75, 3.05) is 24.0 Å². The van der Waals surface area contributed by atoms with E-state index in [1.165, 1.54) is 11.8 Å². The van der Waals surface area contributed by atoms with Crippen LogP contribution in [0.5, 0.6) is 0 Å². The van der Waals surface area contributed by atoms with E-state index in [-0.39, 0.29) is 5.91 Å². The van der Waals surface area contributed by atoms with Gasteiger partial charge in [-0.15, -0.1) is 0 Å². The summed E-state index contributed by atoms with van der Waals surface area (Å²) in [4.78, 5) is 22.5. The first-order valence-electron chi connectivity index (χ1n) is 5.35. The van der Waals surface area contributed by atoms with Crippen molar-refractivity contribution in [1.82, 2.24) is 5.32 Å². The third kappa shape index (κ3) is 7.51. The summed E-state index contributed by atoms with van der Waals surface area (Å²) in [6.07, 6.45) is 4.86. The Kier molecular flexibility index (Phi) is 9.39. The Morgan fingerprint density at radius 1 is 1.24 bits per heavy atom. The Morgan fingerprint density at radius 3 is 2.24 bits per heavy atom. The molecule has 7 heteroatoms. The summed E-state index contributed by atoms with van der Waals surface area (Å²) < 4.78 is 0. The number of carbonyl (C=O) groups is 2. The Bertz CT molecular complexity index is 252. The minimum absolute atomic E-state index is 0.311. The molecule has 0 rings (SSSR count). The van der Waals surface area contributed by atoms with Crippen LogP contribution in [-0.4, -0.2) is 48.0 Å². The minimum Gasteiger partial charge on any atom is -0.548 e. The summed E-state index contributed by atoms with van der Waals surface area (Å²) >= 11 is 3.17. The van der Waals surface area contributed by atoms with Gasteiger partial charge < -0.3 is 21.0 Å². The summed E-state index contributed by atoms with van der Waals surface area (Å²) in [7, 11) is 0. The second-order valence-electron chi connectivity index (χ2n) is 3.64. The average molecular weight is 280 g/mol. The number of thioether (sulfide) groups is 2. The molecule has 0 saturated carbocycles. The normalized spacial score (nSPS) is 14.1. The number of amides is 1. The van der Waals surface area contributed by atoms with Crippen LogP contribution in [0.3, 0.4) is 0 Å². The lowest BCUT2D eigenvalue weighted by molar-refractivity contribution is -0.404. The van der Waals surface area contributed by atoms with Crippen LogP contribution in [-0.2, 0) is 9.59 Å². The molecular weight excluding hydrogens is 260 g/mol. The van der Waals surface area contributed by atoms with E-state index in [1.807, 2.05) is 12.5 Å². The molecule has 0 radical (unpaired) electrons. The van der Waals surface area contributed by atoms with Gasteiger partial charge in [0.05, 0.1) is 12.0 Å². The molecule has 0 heterocycles. The smallest absolute Gasteiger partial charge is 0.278 e. The maximum atomic E-state index is 11.6. The fourth-order valence-electron chi connectivity index (χ4n) is 1.17. The van der Waals surface area contributed by atoms with Crippen molar-refractivity contribution in [3.05, 3.63) is 0 Å². The first-order valence-corrected chi connectivity index (χ1v) is 8.13. The Labute approximate surface area is 110 Å². The van der Waals surface area contributed by atoms with Crippen molar-refractivity contribution in [1.29, 1.82) is 0 Å². The molecule has 0 bridgehead atoms. The molecule has 0 fully saturated rings. The first kappa shape index (κ1) is 16.6. The number of aliphatic carboxylic acids is 1. The molecule has 0 aliphatic rings. The number of carboxylic acid groups (broad SMARTS) is 1. The lowest BCUT2D eigenvalue weighted by Gasteiger charge is -2.20. The maximum Gasteiger partial charge on any atom is 0.278 e. The van der Waals surface area contributed by atoms with E-state index in [4.69, 9.17) is 0 Å². The average Bonchev–Trinajstić information content (AvgIpc) is 2.30. The van der Waals surface area contributed by atoms with Gasteiger partial charge in [0, 0.05) is 6.42 Å².